The smallest absolute Gasteiger partial charge is 0.317 e. The van der Waals surface area contributed by atoms with Crippen LogP contribution in [0.5, 0.6) is 5.75 Å². The fraction of sp³-hybridized carbons (Fsp3) is 0.545. The lowest BCUT2D eigenvalue weighted by Gasteiger charge is -2.21. The molecule has 5 heteroatoms. The van der Waals surface area contributed by atoms with Crippen molar-refractivity contribution in [3.63, 3.8) is 0 Å². The molecule has 0 saturated heterocycles. The van der Waals surface area contributed by atoms with E-state index in [1.54, 1.807) is 0 Å². The van der Waals surface area contributed by atoms with Crippen LogP contribution in [0.2, 0.25) is 0 Å². The number of carboxylic acid groups (broad SMARTS) is 1. The third kappa shape index (κ3) is 1.62. The number of methoxy groups -OCH3 is 1. The Labute approximate surface area is 93.5 Å². The summed E-state index contributed by atoms with van der Waals surface area (Å²) in [5.41, 5.74) is -0.883. The van der Waals surface area contributed by atoms with E-state index in [1.165, 1.54) is 19.5 Å². The van der Waals surface area contributed by atoms with Gasteiger partial charge in [-0.15, -0.1) is 0 Å². The van der Waals surface area contributed by atoms with E-state index in [9.17, 15) is 9.90 Å². The number of hydrogen-bond acceptors (Lipinski definition) is 4. The first-order valence-electron chi connectivity index (χ1n) is 5.29. The minimum Gasteiger partial charge on any atom is -0.494 e. The molecule has 5 nitrogen and oxygen atoms in total. The summed E-state index contributed by atoms with van der Waals surface area (Å²) in [7, 11) is 1.53. The van der Waals surface area contributed by atoms with Gasteiger partial charge in [0.2, 0.25) is 0 Å². The zero-order valence-corrected chi connectivity index (χ0v) is 9.14. The highest BCUT2D eigenvalue weighted by atomic mass is 16.5. The number of rotatable bonds is 3. The summed E-state index contributed by atoms with van der Waals surface area (Å²) < 4.78 is 4.95. The van der Waals surface area contributed by atoms with Crippen molar-refractivity contribution < 1.29 is 14.6 Å². The van der Waals surface area contributed by atoms with E-state index in [0.717, 1.165) is 12.8 Å². The maximum atomic E-state index is 11.4. The maximum absolute atomic E-state index is 11.4. The van der Waals surface area contributed by atoms with Gasteiger partial charge in [0, 0.05) is 0 Å². The molecule has 0 amide bonds. The SMILES string of the molecule is COc1cnc(C2(C(=O)O)CCCC2)nc1. The molecule has 1 aliphatic carbocycles. The Kier molecular flexibility index (Phi) is 2.77. The monoisotopic (exact) mass is 222 g/mol. The van der Waals surface area contributed by atoms with Crippen LogP contribution in [0.25, 0.3) is 0 Å². The highest BCUT2D eigenvalue weighted by Gasteiger charge is 2.45. The Morgan fingerprint density at radius 2 is 1.94 bits per heavy atom. The van der Waals surface area contributed by atoms with Gasteiger partial charge in [0.25, 0.3) is 0 Å². The van der Waals surface area contributed by atoms with Crippen molar-refractivity contribution in [3.8, 4) is 5.75 Å². The Bertz CT molecular complexity index is 383. The molecule has 0 atom stereocenters. The average molecular weight is 222 g/mol. The van der Waals surface area contributed by atoms with Crippen molar-refractivity contribution in [2.24, 2.45) is 0 Å². The minimum atomic E-state index is -0.883. The highest BCUT2D eigenvalue weighted by Crippen LogP contribution is 2.39. The summed E-state index contributed by atoms with van der Waals surface area (Å²) in [6, 6.07) is 0. The molecule has 1 fully saturated rings. The quantitative estimate of drug-likeness (QED) is 0.836. The van der Waals surface area contributed by atoms with Crippen LogP contribution in [0.1, 0.15) is 31.5 Å². The summed E-state index contributed by atoms with van der Waals surface area (Å²) in [5, 5.41) is 9.33. The van der Waals surface area contributed by atoms with Gasteiger partial charge < -0.3 is 9.84 Å². The summed E-state index contributed by atoms with van der Waals surface area (Å²) in [6.45, 7) is 0. The molecular weight excluding hydrogens is 208 g/mol. The number of carboxylic acids is 1. The molecule has 1 aromatic heterocycles. The van der Waals surface area contributed by atoms with Crippen LogP contribution >= 0.6 is 0 Å². The molecule has 0 spiro atoms. The van der Waals surface area contributed by atoms with Gasteiger partial charge in [0.05, 0.1) is 19.5 Å². The van der Waals surface area contributed by atoms with Crippen LogP contribution in [0.4, 0.5) is 0 Å². The molecular formula is C11H14N2O3. The second kappa shape index (κ2) is 4.08. The predicted octanol–water partition coefficient (Wildman–Crippen LogP) is 1.38. The number of carbonyl (C=O) groups is 1. The van der Waals surface area contributed by atoms with Gasteiger partial charge in [0.15, 0.2) is 5.75 Å². The summed E-state index contributed by atoms with van der Waals surface area (Å²) in [4.78, 5) is 19.6. The van der Waals surface area contributed by atoms with Crippen molar-refractivity contribution in [1.82, 2.24) is 9.97 Å². The fourth-order valence-electron chi connectivity index (χ4n) is 2.18. The number of aliphatic carboxylic acids is 1. The first kappa shape index (κ1) is 10.9. The molecule has 2 rings (SSSR count). The lowest BCUT2D eigenvalue weighted by Crippen LogP contribution is -2.34. The second-order valence-electron chi connectivity index (χ2n) is 4.04. The largest absolute Gasteiger partial charge is 0.494 e. The van der Waals surface area contributed by atoms with Gasteiger partial charge >= 0.3 is 5.97 Å². The van der Waals surface area contributed by atoms with Crippen molar-refractivity contribution >= 4 is 5.97 Å². The van der Waals surface area contributed by atoms with E-state index < -0.39 is 11.4 Å². The molecule has 1 aromatic rings. The van der Waals surface area contributed by atoms with Gasteiger partial charge in [-0.05, 0) is 12.8 Å². The second-order valence-corrected chi connectivity index (χ2v) is 4.04. The van der Waals surface area contributed by atoms with Crippen molar-refractivity contribution in [2.45, 2.75) is 31.1 Å². The third-order valence-electron chi connectivity index (χ3n) is 3.16. The van der Waals surface area contributed by atoms with Gasteiger partial charge in [-0.25, -0.2) is 9.97 Å². The Hall–Kier alpha value is -1.65. The summed E-state index contributed by atoms with van der Waals surface area (Å²) >= 11 is 0. The van der Waals surface area contributed by atoms with E-state index >= 15 is 0 Å². The number of hydrogen-bond donors (Lipinski definition) is 1. The van der Waals surface area contributed by atoms with Gasteiger partial charge in [0.1, 0.15) is 11.2 Å². The molecule has 0 aromatic carbocycles. The molecule has 1 saturated carbocycles. The number of aromatic nitrogens is 2. The van der Waals surface area contributed by atoms with Crippen LogP contribution in [-0.2, 0) is 10.2 Å². The van der Waals surface area contributed by atoms with Crippen LogP contribution < -0.4 is 4.74 Å². The summed E-state index contributed by atoms with van der Waals surface area (Å²) in [5.74, 6) is 0.121. The lowest BCUT2D eigenvalue weighted by molar-refractivity contribution is -0.144. The summed E-state index contributed by atoms with van der Waals surface area (Å²) in [6.07, 6.45) is 6.11. The molecule has 0 bridgehead atoms. The van der Waals surface area contributed by atoms with Crippen LogP contribution in [0, 0.1) is 0 Å². The number of ether oxygens (including phenoxy) is 1. The van der Waals surface area contributed by atoms with Crippen LogP contribution in [0.15, 0.2) is 12.4 Å². The van der Waals surface area contributed by atoms with Gasteiger partial charge in [-0.1, -0.05) is 12.8 Å². The Morgan fingerprint density at radius 1 is 1.38 bits per heavy atom. The highest BCUT2D eigenvalue weighted by molar-refractivity contribution is 5.80. The number of nitrogens with zero attached hydrogens (tertiary/aromatic N) is 2. The minimum absolute atomic E-state index is 0.401. The molecule has 0 radical (unpaired) electrons. The standard InChI is InChI=1S/C11H14N2O3/c1-16-8-6-12-9(13-7-8)11(10(14)15)4-2-3-5-11/h6-7H,2-5H2,1H3,(H,14,15). The molecule has 0 aliphatic heterocycles. The maximum Gasteiger partial charge on any atom is 0.317 e. The Morgan fingerprint density at radius 3 is 2.38 bits per heavy atom. The van der Waals surface area contributed by atoms with Crippen molar-refractivity contribution in [1.29, 1.82) is 0 Å². The zero-order chi connectivity index (χ0) is 11.6. The molecule has 1 N–H and O–H groups in total. The van der Waals surface area contributed by atoms with Gasteiger partial charge in [-0.3, -0.25) is 4.79 Å². The van der Waals surface area contributed by atoms with E-state index in [-0.39, 0.29) is 0 Å². The van der Waals surface area contributed by atoms with Gasteiger partial charge in [-0.2, -0.15) is 0 Å². The van der Waals surface area contributed by atoms with Crippen LogP contribution in [-0.4, -0.2) is 28.2 Å². The predicted molar refractivity (Wildman–Crippen MR) is 56.4 cm³/mol. The van der Waals surface area contributed by atoms with E-state index in [2.05, 4.69) is 9.97 Å². The van der Waals surface area contributed by atoms with E-state index in [4.69, 9.17) is 4.74 Å². The first-order valence-corrected chi connectivity index (χ1v) is 5.29. The molecule has 16 heavy (non-hydrogen) atoms. The fourth-order valence-corrected chi connectivity index (χ4v) is 2.18. The average Bonchev–Trinajstić information content (AvgIpc) is 2.79. The van der Waals surface area contributed by atoms with E-state index in [1.807, 2.05) is 0 Å². The van der Waals surface area contributed by atoms with Crippen LogP contribution in [0.3, 0.4) is 0 Å². The lowest BCUT2D eigenvalue weighted by atomic mass is 9.85. The third-order valence-corrected chi connectivity index (χ3v) is 3.16. The van der Waals surface area contributed by atoms with E-state index in [0.29, 0.717) is 24.4 Å². The molecule has 1 heterocycles. The Balaban J connectivity index is 2.36. The topological polar surface area (TPSA) is 72.3 Å². The van der Waals surface area contributed by atoms with Crippen molar-refractivity contribution in [3.05, 3.63) is 18.2 Å². The normalized spacial score (nSPS) is 18.3. The van der Waals surface area contributed by atoms with Crippen molar-refractivity contribution in [2.75, 3.05) is 7.11 Å². The zero-order valence-electron chi connectivity index (χ0n) is 9.14. The molecule has 0 unspecified atom stereocenters. The molecule has 1 aliphatic rings. The molecule has 86 valence electrons. The first-order chi connectivity index (χ1) is 7.69.